The summed E-state index contributed by atoms with van der Waals surface area (Å²) < 4.78 is 0. The maximum Gasteiger partial charge on any atom is 0.303 e. The lowest BCUT2D eigenvalue weighted by molar-refractivity contribution is -0.139. The summed E-state index contributed by atoms with van der Waals surface area (Å²) in [5.41, 5.74) is 10.7. The fourth-order valence-electron chi connectivity index (χ4n) is 7.13. The Morgan fingerprint density at radius 1 is 0.436 bits per heavy atom. The number of amides is 12. The van der Waals surface area contributed by atoms with Crippen LogP contribution in [0.4, 0.5) is 0 Å². The minimum atomic E-state index is -1.81. The molecule has 0 radical (unpaired) electrons. The van der Waals surface area contributed by atoms with Crippen molar-refractivity contribution in [2.75, 3.05) is 18.5 Å². The number of hydrogen-bond donors (Lipinski definition) is 16. The summed E-state index contributed by atoms with van der Waals surface area (Å²) in [5.74, 6) is -16.4. The van der Waals surface area contributed by atoms with Crippen molar-refractivity contribution in [2.24, 2.45) is 35.1 Å². The van der Waals surface area contributed by atoms with E-state index in [9.17, 15) is 82.4 Å². The summed E-state index contributed by atoms with van der Waals surface area (Å²) in [6.45, 7) is 11.9. The molecule has 78 heavy (non-hydrogen) atoms. The number of halogens is 1. The van der Waals surface area contributed by atoms with Crippen molar-refractivity contribution in [1.29, 1.82) is 0 Å². The molecule has 0 aromatic carbocycles. The molecule has 442 valence electrons. The van der Waals surface area contributed by atoms with Gasteiger partial charge in [0.05, 0.1) is 24.6 Å². The average Bonchev–Trinajstić information content (AvgIpc) is 3.33. The van der Waals surface area contributed by atoms with Crippen LogP contribution in [0.3, 0.4) is 0 Å². The van der Waals surface area contributed by atoms with Crippen LogP contribution in [-0.4, -0.2) is 182 Å². The molecular formula is C47H79BrN12O18. The number of carbonyl (C=O) groups excluding carboxylic acids is 12. The summed E-state index contributed by atoms with van der Waals surface area (Å²) in [7, 11) is 0. The van der Waals surface area contributed by atoms with Crippen molar-refractivity contribution in [3.05, 3.63) is 0 Å². The van der Waals surface area contributed by atoms with Gasteiger partial charge in [0.1, 0.15) is 54.4 Å². The molecule has 0 rings (SSSR count). The van der Waals surface area contributed by atoms with Gasteiger partial charge in [-0.1, -0.05) is 71.3 Å². The third-order valence-electron chi connectivity index (χ3n) is 11.4. The summed E-state index contributed by atoms with van der Waals surface area (Å²) in [5, 5.41) is 62.3. The molecule has 31 heteroatoms. The van der Waals surface area contributed by atoms with Gasteiger partial charge in [-0.25, -0.2) is 0 Å². The highest BCUT2D eigenvalue weighted by Crippen LogP contribution is 2.12. The topological polar surface area (TPSA) is 492 Å². The van der Waals surface area contributed by atoms with E-state index < -0.39 is 206 Å². The molecule has 12 amide bonds. The highest BCUT2D eigenvalue weighted by Gasteiger charge is 2.37. The normalized spacial score (nSPS) is 15.0. The Morgan fingerprint density at radius 3 is 1.22 bits per heavy atom. The molecule has 18 N–H and O–H groups in total. The maximum atomic E-state index is 13.8. The number of aliphatic hydroxyl groups excluding tert-OH is 2. The molecule has 0 bridgehead atoms. The van der Waals surface area contributed by atoms with E-state index in [1.54, 1.807) is 27.7 Å². The number of carbonyl (C=O) groups is 14. The number of nitrogens with one attached hydrogen (secondary N) is 10. The molecule has 0 unspecified atom stereocenters. The van der Waals surface area contributed by atoms with Crippen LogP contribution >= 0.6 is 15.9 Å². The molecule has 0 spiro atoms. The van der Waals surface area contributed by atoms with Crippen molar-refractivity contribution in [3.63, 3.8) is 0 Å². The molecule has 0 aromatic heterocycles. The number of primary amides is 2. The standard InChI is InChI=1S/C47H79BrN12O18/c1-20(2)16-28(43(74)53-27(12-15-34(68)69)42(73)58-35(21(3)4)39(50)70)55-40(71)26(10-13-30(49)63)54-44(75)29(19-61)56-46(77)37(23(7)8)57-32(65)18-51-45(76)36(22(5)6)59-47(78)38(24(9)62)60-41(72)25(11-14-33(66)67)52-31(64)17-48/h20-29,35-38,61-62H,10-19H2,1-9H3,(H2,49,63)(H2,50,70)(H,51,76)(H,52,64)(H,53,74)(H,54,75)(H,55,71)(H,56,77)(H,57,65)(H,58,73)(H,59,78)(H,60,72)(H,66,67)(H,68,69)/t24-,25+,26+,27+,28+,29+,35+,36+,37+,38+/m1/s1. The van der Waals surface area contributed by atoms with Crippen LogP contribution in [0.2, 0.25) is 0 Å². The Kier molecular flexibility index (Phi) is 32.2. The van der Waals surface area contributed by atoms with Crippen molar-refractivity contribution in [1.82, 2.24) is 53.2 Å². The molecule has 10 atom stereocenters. The summed E-state index contributed by atoms with van der Waals surface area (Å²) in [6.07, 6.45) is -4.56. The second kappa shape index (κ2) is 35.4. The van der Waals surface area contributed by atoms with E-state index in [4.69, 9.17) is 16.6 Å². The third kappa shape index (κ3) is 26.8. The Bertz CT molecular complexity index is 2140. The minimum absolute atomic E-state index is 0.0824. The lowest BCUT2D eigenvalue weighted by atomic mass is 10.00. The van der Waals surface area contributed by atoms with Crippen molar-refractivity contribution in [2.45, 2.75) is 168 Å². The van der Waals surface area contributed by atoms with Gasteiger partial charge in [0.25, 0.3) is 0 Å². The third-order valence-corrected chi connectivity index (χ3v) is 11.9. The van der Waals surface area contributed by atoms with E-state index in [1.807, 2.05) is 0 Å². The molecule has 0 heterocycles. The summed E-state index contributed by atoms with van der Waals surface area (Å²) >= 11 is 2.92. The number of carboxylic acid groups (broad SMARTS) is 2. The van der Waals surface area contributed by atoms with Gasteiger partial charge in [0.2, 0.25) is 70.9 Å². The van der Waals surface area contributed by atoms with Crippen LogP contribution in [0.25, 0.3) is 0 Å². The number of aliphatic hydroxyl groups is 2. The zero-order valence-electron chi connectivity index (χ0n) is 45.2. The second-order valence-electron chi connectivity index (χ2n) is 19.8. The smallest absolute Gasteiger partial charge is 0.303 e. The Labute approximate surface area is 459 Å². The quantitative estimate of drug-likeness (QED) is 0.0258. The molecule has 0 aliphatic rings. The van der Waals surface area contributed by atoms with Gasteiger partial charge in [-0.05, 0) is 56.3 Å². The van der Waals surface area contributed by atoms with Crippen LogP contribution < -0.4 is 64.6 Å². The van der Waals surface area contributed by atoms with Crippen LogP contribution in [0, 0.1) is 23.7 Å². The fraction of sp³-hybridized carbons (Fsp3) is 0.702. The largest absolute Gasteiger partial charge is 0.481 e. The SMILES string of the molecule is CC(C)C[C@H](NC(=O)[C@H](CCC(N)=O)NC(=O)[C@H](CO)NC(=O)[C@@H](NC(=O)CNC(=O)[C@@H](NC(=O)[C@@H](NC(=O)[C@H](CCC(=O)O)NC(=O)CBr)[C@@H](C)O)C(C)C)C(C)C)C(=O)N[C@@H](CCC(=O)O)C(=O)N[C@H](C(N)=O)C(C)C. The first-order valence-corrected chi connectivity index (χ1v) is 26.1. The van der Waals surface area contributed by atoms with Gasteiger partial charge in [0.15, 0.2) is 0 Å². The summed E-state index contributed by atoms with van der Waals surface area (Å²) in [4.78, 5) is 180. The highest BCUT2D eigenvalue weighted by atomic mass is 79.9. The molecule has 0 aromatic rings. The van der Waals surface area contributed by atoms with Gasteiger partial charge in [-0.15, -0.1) is 0 Å². The van der Waals surface area contributed by atoms with Crippen molar-refractivity contribution >= 4 is 98.8 Å². The van der Waals surface area contributed by atoms with Gasteiger partial charge >= 0.3 is 11.9 Å². The molecule has 0 fully saturated rings. The predicted octanol–water partition coefficient (Wildman–Crippen LogP) is -5.27. The van der Waals surface area contributed by atoms with E-state index in [1.165, 1.54) is 27.7 Å². The zero-order chi connectivity index (χ0) is 60.3. The number of rotatable bonds is 37. The second-order valence-corrected chi connectivity index (χ2v) is 20.3. The number of carboxylic acids is 2. The first kappa shape index (κ1) is 71.0. The monoisotopic (exact) mass is 1180 g/mol. The van der Waals surface area contributed by atoms with Crippen LogP contribution in [-0.2, 0) is 67.1 Å². The lowest BCUT2D eigenvalue weighted by Crippen LogP contribution is -2.61. The number of hydrogen-bond acceptors (Lipinski definition) is 16. The molecule has 30 nitrogen and oxygen atoms in total. The van der Waals surface area contributed by atoms with Crippen molar-refractivity contribution < 1.29 is 87.5 Å². The van der Waals surface area contributed by atoms with Crippen LogP contribution in [0.5, 0.6) is 0 Å². The number of nitrogens with two attached hydrogens (primary N) is 2. The average molecular weight is 1180 g/mol. The van der Waals surface area contributed by atoms with E-state index in [2.05, 4.69) is 69.1 Å². The van der Waals surface area contributed by atoms with Gasteiger partial charge < -0.3 is 85.1 Å². The van der Waals surface area contributed by atoms with Crippen LogP contribution in [0.1, 0.15) is 107 Å². The van der Waals surface area contributed by atoms with E-state index in [-0.39, 0.29) is 24.1 Å². The molecule has 0 saturated carbocycles. The van der Waals surface area contributed by atoms with Crippen molar-refractivity contribution in [3.8, 4) is 0 Å². The van der Waals surface area contributed by atoms with Gasteiger partial charge in [0, 0.05) is 19.3 Å². The molecular weight excluding hydrogens is 1100 g/mol. The number of aliphatic carboxylic acids is 2. The number of alkyl halides is 1. The lowest BCUT2D eigenvalue weighted by Gasteiger charge is -2.28. The first-order valence-electron chi connectivity index (χ1n) is 25.0. The predicted molar refractivity (Wildman–Crippen MR) is 278 cm³/mol. The first-order chi connectivity index (χ1) is 36.2. The zero-order valence-corrected chi connectivity index (χ0v) is 46.8. The van der Waals surface area contributed by atoms with E-state index in [0.29, 0.717) is 0 Å². The highest BCUT2D eigenvalue weighted by molar-refractivity contribution is 9.09. The van der Waals surface area contributed by atoms with Gasteiger partial charge in [-0.2, -0.15) is 0 Å². The van der Waals surface area contributed by atoms with E-state index in [0.717, 1.165) is 6.92 Å². The maximum absolute atomic E-state index is 13.8. The fourth-order valence-corrected chi connectivity index (χ4v) is 7.29. The van der Waals surface area contributed by atoms with E-state index >= 15 is 0 Å². The molecule has 0 aliphatic heterocycles. The Morgan fingerprint density at radius 2 is 0.808 bits per heavy atom. The minimum Gasteiger partial charge on any atom is -0.481 e. The molecule has 0 aliphatic carbocycles. The van der Waals surface area contributed by atoms with Crippen LogP contribution in [0.15, 0.2) is 0 Å². The summed E-state index contributed by atoms with van der Waals surface area (Å²) in [6, 6.07) is -13.6. The Hall–Kier alpha value is -7.02. The Balaban J connectivity index is 6.23. The molecule has 0 saturated heterocycles. The van der Waals surface area contributed by atoms with Gasteiger partial charge in [-0.3, -0.25) is 67.1 Å².